The number of fused-ring (bicyclic) bond motifs is 2. The van der Waals surface area contributed by atoms with Gasteiger partial charge in [0.15, 0.2) is 11.8 Å². The number of Topliss-reactive ketones (excluding diaryl/α,β-unsaturated/α-hetero) is 1. The van der Waals surface area contributed by atoms with E-state index < -0.39 is 12.1 Å². The lowest BCUT2D eigenvalue weighted by molar-refractivity contribution is 0.0313. The molecule has 2 aromatic carbocycles. The zero-order valence-corrected chi connectivity index (χ0v) is 14.0. The minimum Gasteiger partial charge on any atom is -0.449 e. The zero-order chi connectivity index (χ0) is 18.1. The molecule has 0 unspecified atom stereocenters. The van der Waals surface area contributed by atoms with E-state index in [0.717, 1.165) is 10.9 Å². The SMILES string of the molecule is C[C@H](OC(=O)c1cnc2ccccc2n1)C(=O)c1c[nH]c2ccccc12. The van der Waals surface area contributed by atoms with Crippen LogP contribution in [0.2, 0.25) is 0 Å². The molecule has 2 aromatic heterocycles. The third-order valence-corrected chi connectivity index (χ3v) is 4.17. The summed E-state index contributed by atoms with van der Waals surface area (Å²) in [6.45, 7) is 1.55. The minimum absolute atomic E-state index is 0.0716. The summed E-state index contributed by atoms with van der Waals surface area (Å²) in [5, 5.41) is 0.797. The van der Waals surface area contributed by atoms with Crippen molar-refractivity contribution >= 4 is 33.7 Å². The van der Waals surface area contributed by atoms with Gasteiger partial charge in [-0.05, 0) is 25.1 Å². The second-order valence-corrected chi connectivity index (χ2v) is 5.90. The van der Waals surface area contributed by atoms with Gasteiger partial charge in [0.1, 0.15) is 0 Å². The van der Waals surface area contributed by atoms with Crippen LogP contribution in [0.4, 0.5) is 0 Å². The smallest absolute Gasteiger partial charge is 0.359 e. The molecule has 4 aromatic rings. The number of ether oxygens (including phenoxy) is 1. The number of H-pyrrole nitrogens is 1. The predicted molar refractivity (Wildman–Crippen MR) is 97.0 cm³/mol. The third-order valence-electron chi connectivity index (χ3n) is 4.17. The van der Waals surface area contributed by atoms with Gasteiger partial charge in [0, 0.05) is 22.7 Å². The monoisotopic (exact) mass is 345 g/mol. The molecule has 128 valence electrons. The van der Waals surface area contributed by atoms with E-state index in [1.165, 1.54) is 6.20 Å². The van der Waals surface area contributed by atoms with Gasteiger partial charge in [-0.25, -0.2) is 9.78 Å². The normalized spacial score (nSPS) is 12.2. The first kappa shape index (κ1) is 16.0. The van der Waals surface area contributed by atoms with Gasteiger partial charge in [-0.1, -0.05) is 30.3 Å². The van der Waals surface area contributed by atoms with Crippen LogP contribution < -0.4 is 0 Å². The van der Waals surface area contributed by atoms with Crippen molar-refractivity contribution in [1.82, 2.24) is 15.0 Å². The molecule has 6 heteroatoms. The van der Waals surface area contributed by atoms with Crippen LogP contribution in [-0.2, 0) is 4.74 Å². The number of rotatable bonds is 4. The van der Waals surface area contributed by atoms with E-state index in [0.29, 0.717) is 16.6 Å². The maximum atomic E-state index is 12.7. The minimum atomic E-state index is -0.935. The van der Waals surface area contributed by atoms with Gasteiger partial charge in [-0.2, -0.15) is 0 Å². The highest BCUT2D eigenvalue weighted by molar-refractivity contribution is 6.10. The molecule has 0 aliphatic heterocycles. The number of nitrogens with zero attached hydrogens (tertiary/aromatic N) is 2. The summed E-state index contributed by atoms with van der Waals surface area (Å²) in [4.78, 5) is 36.5. The number of esters is 1. The number of ketones is 1. The van der Waals surface area contributed by atoms with Crippen molar-refractivity contribution in [2.75, 3.05) is 0 Å². The number of carbonyl (C=O) groups excluding carboxylic acids is 2. The maximum absolute atomic E-state index is 12.7. The Morgan fingerprint density at radius 3 is 2.62 bits per heavy atom. The molecule has 0 aliphatic carbocycles. The number of nitrogens with one attached hydrogen (secondary N) is 1. The van der Waals surface area contributed by atoms with E-state index in [4.69, 9.17) is 4.74 Å². The molecule has 0 fully saturated rings. The Balaban J connectivity index is 1.55. The number of hydrogen-bond acceptors (Lipinski definition) is 5. The highest BCUT2D eigenvalue weighted by Gasteiger charge is 2.23. The van der Waals surface area contributed by atoms with Gasteiger partial charge in [0.25, 0.3) is 0 Å². The average molecular weight is 345 g/mol. The van der Waals surface area contributed by atoms with Gasteiger partial charge in [0.05, 0.1) is 17.2 Å². The summed E-state index contributed by atoms with van der Waals surface area (Å²) < 4.78 is 5.31. The van der Waals surface area contributed by atoms with E-state index in [9.17, 15) is 9.59 Å². The van der Waals surface area contributed by atoms with Crippen LogP contribution in [0.1, 0.15) is 27.8 Å². The van der Waals surface area contributed by atoms with Gasteiger partial charge in [0.2, 0.25) is 5.78 Å². The van der Waals surface area contributed by atoms with Gasteiger partial charge in [-0.3, -0.25) is 9.78 Å². The summed E-state index contributed by atoms with van der Waals surface area (Å²) in [7, 11) is 0. The Morgan fingerprint density at radius 2 is 1.77 bits per heavy atom. The number of carbonyl (C=O) groups is 2. The molecule has 1 atom stereocenters. The van der Waals surface area contributed by atoms with Crippen molar-refractivity contribution in [3.8, 4) is 0 Å². The van der Waals surface area contributed by atoms with E-state index in [-0.39, 0.29) is 11.5 Å². The molecule has 0 radical (unpaired) electrons. The number of para-hydroxylation sites is 3. The molecule has 0 aliphatic rings. The fourth-order valence-corrected chi connectivity index (χ4v) is 2.82. The van der Waals surface area contributed by atoms with Gasteiger partial charge in [-0.15, -0.1) is 0 Å². The van der Waals surface area contributed by atoms with Crippen molar-refractivity contribution in [3.63, 3.8) is 0 Å². The first-order valence-corrected chi connectivity index (χ1v) is 8.16. The first-order valence-electron chi connectivity index (χ1n) is 8.16. The summed E-state index contributed by atoms with van der Waals surface area (Å²) in [6.07, 6.45) is 2.05. The molecule has 0 saturated heterocycles. The summed E-state index contributed by atoms with van der Waals surface area (Å²) >= 11 is 0. The van der Waals surface area contributed by atoms with Crippen molar-refractivity contribution in [3.05, 3.63) is 72.2 Å². The van der Waals surface area contributed by atoms with Crippen molar-refractivity contribution in [2.24, 2.45) is 0 Å². The second-order valence-electron chi connectivity index (χ2n) is 5.90. The van der Waals surface area contributed by atoms with Crippen molar-refractivity contribution in [2.45, 2.75) is 13.0 Å². The van der Waals surface area contributed by atoms with E-state index in [1.54, 1.807) is 25.3 Å². The highest BCUT2D eigenvalue weighted by atomic mass is 16.5. The third kappa shape index (κ3) is 2.82. The Labute approximate surface area is 148 Å². The fraction of sp³-hybridized carbons (Fsp3) is 0.100. The lowest BCUT2D eigenvalue weighted by atomic mass is 10.1. The average Bonchev–Trinajstić information content (AvgIpc) is 3.11. The number of aromatic nitrogens is 3. The Morgan fingerprint density at radius 1 is 1.04 bits per heavy atom. The predicted octanol–water partition coefficient (Wildman–Crippen LogP) is 3.54. The Bertz CT molecular complexity index is 1130. The number of aromatic amines is 1. The molecule has 0 spiro atoms. The molecule has 6 nitrogen and oxygen atoms in total. The molecule has 26 heavy (non-hydrogen) atoms. The van der Waals surface area contributed by atoms with Gasteiger partial charge >= 0.3 is 5.97 Å². The number of hydrogen-bond donors (Lipinski definition) is 1. The van der Waals surface area contributed by atoms with Crippen LogP contribution >= 0.6 is 0 Å². The van der Waals surface area contributed by atoms with Crippen molar-refractivity contribution < 1.29 is 14.3 Å². The quantitative estimate of drug-likeness (QED) is 0.452. The van der Waals surface area contributed by atoms with E-state index in [2.05, 4.69) is 15.0 Å². The Kier molecular flexibility index (Phi) is 3.93. The lowest BCUT2D eigenvalue weighted by Gasteiger charge is -2.11. The van der Waals surface area contributed by atoms with Crippen molar-refractivity contribution in [1.29, 1.82) is 0 Å². The van der Waals surface area contributed by atoms with Crippen LogP contribution in [0.5, 0.6) is 0 Å². The van der Waals surface area contributed by atoms with Crippen LogP contribution in [0.15, 0.2) is 60.9 Å². The number of benzene rings is 2. The molecular weight excluding hydrogens is 330 g/mol. The topological polar surface area (TPSA) is 84.9 Å². The maximum Gasteiger partial charge on any atom is 0.359 e. The molecule has 0 bridgehead atoms. The zero-order valence-electron chi connectivity index (χ0n) is 14.0. The second kappa shape index (κ2) is 6.40. The largest absolute Gasteiger partial charge is 0.449 e. The highest BCUT2D eigenvalue weighted by Crippen LogP contribution is 2.20. The van der Waals surface area contributed by atoms with Gasteiger partial charge < -0.3 is 9.72 Å². The first-order chi connectivity index (χ1) is 12.6. The Hall–Kier alpha value is -3.54. The fourth-order valence-electron chi connectivity index (χ4n) is 2.82. The molecule has 1 N–H and O–H groups in total. The molecule has 0 saturated carbocycles. The van der Waals surface area contributed by atoms with Crippen LogP contribution in [-0.4, -0.2) is 32.8 Å². The van der Waals surface area contributed by atoms with Crippen LogP contribution in [0, 0.1) is 0 Å². The standard InChI is InChI=1S/C20H15N3O3/c1-12(19(24)14-10-21-15-7-3-2-6-13(14)15)26-20(25)18-11-22-16-8-4-5-9-17(16)23-18/h2-12,21H,1H3/t12-/m0/s1. The molecular formula is C20H15N3O3. The van der Waals surface area contributed by atoms with Crippen LogP contribution in [0.3, 0.4) is 0 Å². The summed E-state index contributed by atoms with van der Waals surface area (Å²) in [6, 6.07) is 14.7. The molecule has 2 heterocycles. The molecule has 0 amide bonds. The van der Waals surface area contributed by atoms with E-state index in [1.807, 2.05) is 36.4 Å². The molecule has 4 rings (SSSR count). The summed E-state index contributed by atoms with van der Waals surface area (Å²) in [5.41, 5.74) is 2.70. The van der Waals surface area contributed by atoms with Crippen LogP contribution in [0.25, 0.3) is 21.9 Å². The lowest BCUT2D eigenvalue weighted by Crippen LogP contribution is -2.24. The van der Waals surface area contributed by atoms with E-state index >= 15 is 0 Å². The summed E-state index contributed by atoms with van der Waals surface area (Å²) in [5.74, 6) is -0.950.